The summed E-state index contributed by atoms with van der Waals surface area (Å²) >= 11 is 3.22. The van der Waals surface area contributed by atoms with Crippen LogP contribution in [0.4, 0.5) is 11.5 Å². The SMILES string of the molecule is O=C(c1ccccc1[N+](=O)[O-])N(Cc1ccc(Br)o1)c1ccccn1. The Kier molecular flexibility index (Phi) is 4.90. The van der Waals surface area contributed by atoms with Crippen LogP contribution in [-0.4, -0.2) is 15.8 Å². The molecule has 0 aliphatic carbocycles. The van der Waals surface area contributed by atoms with Gasteiger partial charge >= 0.3 is 0 Å². The second-order valence-electron chi connectivity index (χ2n) is 5.06. The van der Waals surface area contributed by atoms with Crippen LogP contribution in [0, 0.1) is 10.1 Å². The lowest BCUT2D eigenvalue weighted by Crippen LogP contribution is -2.31. The molecule has 0 aliphatic rings. The number of halogens is 1. The van der Waals surface area contributed by atoms with Crippen molar-refractivity contribution >= 4 is 33.3 Å². The molecule has 0 fully saturated rings. The molecular formula is C17H12BrN3O4. The Labute approximate surface area is 151 Å². The normalized spacial score (nSPS) is 10.4. The molecule has 0 saturated carbocycles. The number of benzene rings is 1. The number of anilines is 1. The van der Waals surface area contributed by atoms with Crippen molar-refractivity contribution in [3.63, 3.8) is 0 Å². The van der Waals surface area contributed by atoms with E-state index >= 15 is 0 Å². The highest BCUT2D eigenvalue weighted by atomic mass is 79.9. The predicted molar refractivity (Wildman–Crippen MR) is 94.3 cm³/mol. The van der Waals surface area contributed by atoms with Crippen molar-refractivity contribution in [2.75, 3.05) is 4.90 Å². The summed E-state index contributed by atoms with van der Waals surface area (Å²) in [7, 11) is 0. The number of hydrogen-bond donors (Lipinski definition) is 0. The van der Waals surface area contributed by atoms with Crippen molar-refractivity contribution in [3.05, 3.63) is 86.9 Å². The van der Waals surface area contributed by atoms with Gasteiger partial charge in [0.1, 0.15) is 17.1 Å². The zero-order chi connectivity index (χ0) is 17.8. The average Bonchev–Trinajstić information content (AvgIpc) is 3.05. The Balaban J connectivity index is 2.02. The molecule has 1 amide bonds. The molecule has 0 radical (unpaired) electrons. The van der Waals surface area contributed by atoms with Gasteiger partial charge in [0.15, 0.2) is 4.67 Å². The number of aromatic nitrogens is 1. The summed E-state index contributed by atoms with van der Waals surface area (Å²) in [4.78, 5) is 29.2. The molecule has 0 aliphatic heterocycles. The summed E-state index contributed by atoms with van der Waals surface area (Å²) < 4.78 is 5.99. The van der Waals surface area contributed by atoms with E-state index < -0.39 is 10.8 Å². The van der Waals surface area contributed by atoms with Crippen LogP contribution in [0.2, 0.25) is 0 Å². The van der Waals surface area contributed by atoms with Crippen molar-refractivity contribution in [2.24, 2.45) is 0 Å². The van der Waals surface area contributed by atoms with Gasteiger partial charge in [-0.2, -0.15) is 0 Å². The van der Waals surface area contributed by atoms with Crippen molar-refractivity contribution in [3.8, 4) is 0 Å². The van der Waals surface area contributed by atoms with Gasteiger partial charge in [-0.25, -0.2) is 4.98 Å². The highest BCUT2D eigenvalue weighted by molar-refractivity contribution is 9.10. The van der Waals surface area contributed by atoms with Gasteiger partial charge in [-0.15, -0.1) is 0 Å². The summed E-state index contributed by atoms with van der Waals surface area (Å²) in [5.74, 6) is 0.362. The summed E-state index contributed by atoms with van der Waals surface area (Å²) in [5.41, 5.74) is -0.266. The minimum Gasteiger partial charge on any atom is -0.452 e. The first-order valence-corrected chi connectivity index (χ1v) is 8.06. The van der Waals surface area contributed by atoms with Gasteiger partial charge in [0.05, 0.1) is 11.5 Å². The zero-order valence-corrected chi connectivity index (χ0v) is 14.4. The molecule has 2 heterocycles. The Morgan fingerprint density at radius 3 is 2.56 bits per heavy atom. The summed E-state index contributed by atoms with van der Waals surface area (Å²) in [6.45, 7) is 0.0908. The molecule has 0 bridgehead atoms. The Hall–Kier alpha value is -3.00. The van der Waals surface area contributed by atoms with Gasteiger partial charge < -0.3 is 4.42 Å². The molecule has 3 rings (SSSR count). The maximum absolute atomic E-state index is 13.0. The van der Waals surface area contributed by atoms with E-state index in [-0.39, 0.29) is 17.8 Å². The molecule has 0 spiro atoms. The van der Waals surface area contributed by atoms with Crippen LogP contribution in [0.25, 0.3) is 0 Å². The Morgan fingerprint density at radius 1 is 1.16 bits per heavy atom. The molecule has 0 saturated heterocycles. The van der Waals surface area contributed by atoms with E-state index in [2.05, 4.69) is 20.9 Å². The lowest BCUT2D eigenvalue weighted by Gasteiger charge is -2.20. The van der Waals surface area contributed by atoms with E-state index in [0.29, 0.717) is 16.2 Å². The quantitative estimate of drug-likeness (QED) is 0.472. The molecule has 8 heteroatoms. The molecular weight excluding hydrogens is 390 g/mol. The van der Waals surface area contributed by atoms with Gasteiger partial charge in [0, 0.05) is 12.3 Å². The molecule has 3 aromatic rings. The molecule has 7 nitrogen and oxygen atoms in total. The minimum atomic E-state index is -0.576. The van der Waals surface area contributed by atoms with E-state index in [4.69, 9.17) is 4.42 Å². The summed E-state index contributed by atoms with van der Waals surface area (Å²) in [6.07, 6.45) is 1.55. The van der Waals surface area contributed by atoms with Crippen molar-refractivity contribution in [1.29, 1.82) is 0 Å². The van der Waals surface area contributed by atoms with Gasteiger partial charge in [0.25, 0.3) is 11.6 Å². The number of hydrogen-bond acceptors (Lipinski definition) is 5. The number of para-hydroxylation sites is 1. The number of nitro benzene ring substituents is 1. The van der Waals surface area contributed by atoms with Crippen LogP contribution in [0.15, 0.2) is 69.9 Å². The summed E-state index contributed by atoms with van der Waals surface area (Å²) in [6, 6.07) is 14.4. The molecule has 1 aromatic carbocycles. The number of rotatable bonds is 5. The zero-order valence-electron chi connectivity index (χ0n) is 12.8. The molecule has 0 N–H and O–H groups in total. The smallest absolute Gasteiger partial charge is 0.282 e. The first kappa shape index (κ1) is 16.8. The van der Waals surface area contributed by atoms with Crippen LogP contribution in [0.1, 0.15) is 16.1 Å². The molecule has 25 heavy (non-hydrogen) atoms. The van der Waals surface area contributed by atoms with E-state index in [9.17, 15) is 14.9 Å². The van der Waals surface area contributed by atoms with Crippen LogP contribution < -0.4 is 4.90 Å². The standard InChI is InChI=1S/C17H12BrN3O4/c18-15-9-8-12(25-15)11-20(16-7-3-4-10-19-16)17(22)13-5-1-2-6-14(13)21(23)24/h1-10H,11H2. The highest BCUT2D eigenvalue weighted by Crippen LogP contribution is 2.25. The number of carbonyl (C=O) groups excluding carboxylic acids is 1. The molecule has 126 valence electrons. The third kappa shape index (κ3) is 3.74. The molecule has 2 aromatic heterocycles. The van der Waals surface area contributed by atoms with E-state index in [1.54, 1.807) is 42.6 Å². The monoisotopic (exact) mass is 401 g/mol. The minimum absolute atomic E-state index is 0.0104. The van der Waals surface area contributed by atoms with Crippen LogP contribution in [0.3, 0.4) is 0 Å². The average molecular weight is 402 g/mol. The number of nitro groups is 1. The number of amides is 1. The first-order valence-electron chi connectivity index (χ1n) is 7.27. The van der Waals surface area contributed by atoms with Gasteiger partial charge in [0.2, 0.25) is 0 Å². The van der Waals surface area contributed by atoms with Crippen molar-refractivity contribution < 1.29 is 14.1 Å². The Bertz CT molecular complexity index is 911. The largest absolute Gasteiger partial charge is 0.452 e. The van der Waals surface area contributed by atoms with Crippen molar-refractivity contribution in [1.82, 2.24) is 4.98 Å². The third-order valence-electron chi connectivity index (χ3n) is 3.44. The fourth-order valence-electron chi connectivity index (χ4n) is 2.32. The lowest BCUT2D eigenvalue weighted by molar-refractivity contribution is -0.385. The van der Waals surface area contributed by atoms with Gasteiger partial charge in [-0.05, 0) is 46.3 Å². The predicted octanol–water partition coefficient (Wildman–Crippen LogP) is 4.19. The molecule has 0 unspecified atom stereocenters. The van der Waals surface area contributed by atoms with Crippen molar-refractivity contribution in [2.45, 2.75) is 6.54 Å². The first-order chi connectivity index (χ1) is 12.1. The van der Waals surface area contributed by atoms with E-state index in [0.717, 1.165) is 0 Å². The van der Waals surface area contributed by atoms with Gasteiger partial charge in [-0.1, -0.05) is 18.2 Å². The highest BCUT2D eigenvalue weighted by Gasteiger charge is 2.26. The van der Waals surface area contributed by atoms with Gasteiger partial charge in [-0.3, -0.25) is 19.8 Å². The van der Waals surface area contributed by atoms with Crippen LogP contribution in [0.5, 0.6) is 0 Å². The fraction of sp³-hybridized carbons (Fsp3) is 0.0588. The van der Waals surface area contributed by atoms with E-state index in [1.807, 2.05) is 0 Å². The fourth-order valence-corrected chi connectivity index (χ4v) is 2.66. The maximum atomic E-state index is 13.0. The number of pyridine rings is 1. The topological polar surface area (TPSA) is 89.5 Å². The van der Waals surface area contributed by atoms with E-state index in [1.165, 1.54) is 23.1 Å². The second kappa shape index (κ2) is 7.27. The second-order valence-corrected chi connectivity index (χ2v) is 5.84. The Morgan fingerprint density at radius 2 is 1.92 bits per heavy atom. The maximum Gasteiger partial charge on any atom is 0.282 e. The number of furan rings is 1. The van der Waals surface area contributed by atoms with Crippen LogP contribution >= 0.6 is 15.9 Å². The lowest BCUT2D eigenvalue weighted by atomic mass is 10.1. The molecule has 0 atom stereocenters. The third-order valence-corrected chi connectivity index (χ3v) is 3.87. The summed E-state index contributed by atoms with van der Waals surface area (Å²) in [5, 5.41) is 11.2. The number of nitrogens with zero attached hydrogens (tertiary/aromatic N) is 3. The number of carbonyl (C=O) groups is 1. The van der Waals surface area contributed by atoms with Crippen LogP contribution in [-0.2, 0) is 6.54 Å².